The van der Waals surface area contributed by atoms with Crippen LogP contribution in [0.15, 0.2) is 18.2 Å². The van der Waals surface area contributed by atoms with Crippen molar-refractivity contribution >= 4 is 23.3 Å². The minimum Gasteiger partial charge on any atom is -0.478 e. The molecule has 1 saturated carbocycles. The Morgan fingerprint density at radius 1 is 1.35 bits per heavy atom. The van der Waals surface area contributed by atoms with Crippen LogP contribution in [0.2, 0.25) is 5.02 Å². The van der Waals surface area contributed by atoms with E-state index in [0.717, 1.165) is 18.5 Å². The molecule has 0 spiro atoms. The van der Waals surface area contributed by atoms with Crippen molar-refractivity contribution in [3.63, 3.8) is 0 Å². The van der Waals surface area contributed by atoms with E-state index in [1.54, 1.807) is 6.07 Å². The second-order valence-corrected chi connectivity index (χ2v) is 6.91. The Bertz CT molecular complexity index is 503. The van der Waals surface area contributed by atoms with Crippen LogP contribution in [-0.2, 0) is 0 Å². The molecule has 1 aliphatic carbocycles. The molecule has 0 bridgehead atoms. The Morgan fingerprint density at radius 3 is 2.50 bits per heavy atom. The van der Waals surface area contributed by atoms with Gasteiger partial charge in [0.15, 0.2) is 0 Å². The number of aromatic carboxylic acids is 1. The van der Waals surface area contributed by atoms with E-state index in [-0.39, 0.29) is 5.56 Å². The molecule has 0 amide bonds. The largest absolute Gasteiger partial charge is 0.478 e. The van der Waals surface area contributed by atoms with Crippen LogP contribution in [0.4, 0.5) is 5.69 Å². The molecule has 1 aliphatic rings. The Labute approximate surface area is 125 Å². The molecule has 0 heterocycles. The van der Waals surface area contributed by atoms with Gasteiger partial charge in [-0.2, -0.15) is 0 Å². The maximum absolute atomic E-state index is 11.4. The van der Waals surface area contributed by atoms with E-state index in [1.807, 2.05) is 13.1 Å². The van der Waals surface area contributed by atoms with Crippen molar-refractivity contribution in [2.45, 2.75) is 45.6 Å². The van der Waals surface area contributed by atoms with E-state index in [9.17, 15) is 9.90 Å². The fourth-order valence-corrected chi connectivity index (χ4v) is 3.13. The predicted octanol–water partition coefficient (Wildman–Crippen LogP) is 4.44. The summed E-state index contributed by atoms with van der Waals surface area (Å²) >= 11 is 5.91. The SMILES string of the molecule is CN(c1ccc(Cl)cc1C(=O)O)C1CCC(C)(C)CC1. The first-order valence-corrected chi connectivity index (χ1v) is 7.44. The smallest absolute Gasteiger partial charge is 0.337 e. The third-order valence-electron chi connectivity index (χ3n) is 4.43. The monoisotopic (exact) mass is 295 g/mol. The summed E-state index contributed by atoms with van der Waals surface area (Å²) in [4.78, 5) is 13.5. The molecule has 0 aliphatic heterocycles. The molecule has 1 N–H and O–H groups in total. The molecular formula is C16H22ClNO2. The molecule has 1 aromatic carbocycles. The van der Waals surface area contributed by atoms with Crippen LogP contribution in [0, 0.1) is 5.41 Å². The molecule has 0 unspecified atom stereocenters. The molecular weight excluding hydrogens is 274 g/mol. The van der Waals surface area contributed by atoms with E-state index >= 15 is 0 Å². The highest BCUT2D eigenvalue weighted by molar-refractivity contribution is 6.31. The molecule has 20 heavy (non-hydrogen) atoms. The van der Waals surface area contributed by atoms with Gasteiger partial charge in [0, 0.05) is 18.1 Å². The average molecular weight is 296 g/mol. The van der Waals surface area contributed by atoms with Crippen molar-refractivity contribution in [3.8, 4) is 0 Å². The number of rotatable bonds is 3. The van der Waals surface area contributed by atoms with E-state index < -0.39 is 5.97 Å². The Morgan fingerprint density at radius 2 is 1.95 bits per heavy atom. The van der Waals surface area contributed by atoms with Gasteiger partial charge >= 0.3 is 5.97 Å². The number of carbonyl (C=O) groups is 1. The van der Waals surface area contributed by atoms with Crippen LogP contribution in [0.3, 0.4) is 0 Å². The molecule has 0 atom stereocenters. The summed E-state index contributed by atoms with van der Waals surface area (Å²) in [6.45, 7) is 4.60. The maximum atomic E-state index is 11.4. The highest BCUT2D eigenvalue weighted by Gasteiger charge is 2.30. The van der Waals surface area contributed by atoms with Crippen molar-refractivity contribution in [2.75, 3.05) is 11.9 Å². The van der Waals surface area contributed by atoms with E-state index in [1.165, 1.54) is 18.9 Å². The number of hydrogen-bond acceptors (Lipinski definition) is 2. The molecule has 110 valence electrons. The second-order valence-electron chi connectivity index (χ2n) is 6.47. The van der Waals surface area contributed by atoms with Gasteiger partial charge in [0.1, 0.15) is 0 Å². The molecule has 1 fully saturated rings. The van der Waals surface area contributed by atoms with Gasteiger partial charge in [-0.05, 0) is 49.3 Å². The van der Waals surface area contributed by atoms with Crippen LogP contribution >= 0.6 is 11.6 Å². The molecule has 2 rings (SSSR count). The maximum Gasteiger partial charge on any atom is 0.337 e. The van der Waals surface area contributed by atoms with Crippen LogP contribution in [0.5, 0.6) is 0 Å². The van der Waals surface area contributed by atoms with Crippen molar-refractivity contribution in [1.29, 1.82) is 0 Å². The zero-order valence-electron chi connectivity index (χ0n) is 12.3. The molecule has 0 radical (unpaired) electrons. The third-order valence-corrected chi connectivity index (χ3v) is 4.66. The predicted molar refractivity (Wildman–Crippen MR) is 82.9 cm³/mol. The lowest BCUT2D eigenvalue weighted by molar-refractivity contribution is 0.0697. The Balaban J connectivity index is 2.21. The van der Waals surface area contributed by atoms with Gasteiger partial charge in [-0.15, -0.1) is 0 Å². The first kappa shape index (κ1) is 15.2. The summed E-state index contributed by atoms with van der Waals surface area (Å²) in [5, 5.41) is 9.80. The van der Waals surface area contributed by atoms with Gasteiger partial charge in [-0.1, -0.05) is 25.4 Å². The Kier molecular flexibility index (Phi) is 4.28. The minimum atomic E-state index is -0.925. The molecule has 3 nitrogen and oxygen atoms in total. The number of nitrogens with zero attached hydrogens (tertiary/aromatic N) is 1. The summed E-state index contributed by atoms with van der Waals surface area (Å²) in [6.07, 6.45) is 4.56. The van der Waals surface area contributed by atoms with Crippen molar-refractivity contribution in [3.05, 3.63) is 28.8 Å². The molecule has 0 aromatic heterocycles. The number of carboxylic acids is 1. The fourth-order valence-electron chi connectivity index (χ4n) is 2.96. The first-order valence-electron chi connectivity index (χ1n) is 7.06. The summed E-state index contributed by atoms with van der Waals surface area (Å²) < 4.78 is 0. The summed E-state index contributed by atoms with van der Waals surface area (Å²) in [5.74, 6) is -0.925. The van der Waals surface area contributed by atoms with Gasteiger partial charge in [0.2, 0.25) is 0 Å². The average Bonchev–Trinajstić information content (AvgIpc) is 2.37. The van der Waals surface area contributed by atoms with Gasteiger partial charge in [0.05, 0.1) is 11.3 Å². The van der Waals surface area contributed by atoms with E-state index in [2.05, 4.69) is 18.7 Å². The van der Waals surface area contributed by atoms with Crippen LogP contribution in [-0.4, -0.2) is 24.2 Å². The summed E-state index contributed by atoms with van der Waals surface area (Å²) in [6, 6.07) is 5.50. The molecule has 0 saturated heterocycles. The zero-order chi connectivity index (χ0) is 14.9. The summed E-state index contributed by atoms with van der Waals surface area (Å²) in [5.41, 5.74) is 1.45. The number of anilines is 1. The van der Waals surface area contributed by atoms with Gasteiger partial charge < -0.3 is 10.0 Å². The highest BCUT2D eigenvalue weighted by atomic mass is 35.5. The van der Waals surface area contributed by atoms with E-state index in [4.69, 9.17) is 11.6 Å². The lowest BCUT2D eigenvalue weighted by atomic mass is 9.75. The van der Waals surface area contributed by atoms with Gasteiger partial charge in [0.25, 0.3) is 0 Å². The highest BCUT2D eigenvalue weighted by Crippen LogP contribution is 2.38. The Hall–Kier alpha value is -1.22. The molecule has 1 aromatic rings. The normalized spacial score (nSPS) is 18.8. The van der Waals surface area contributed by atoms with Crippen molar-refractivity contribution in [2.24, 2.45) is 5.41 Å². The number of halogens is 1. The standard InChI is InChI=1S/C16H22ClNO2/c1-16(2)8-6-12(7-9-16)18(3)14-5-4-11(17)10-13(14)15(19)20/h4-5,10,12H,6-9H2,1-3H3,(H,19,20). The van der Waals surface area contributed by atoms with Crippen LogP contribution in [0.1, 0.15) is 49.9 Å². The lowest BCUT2D eigenvalue weighted by Crippen LogP contribution is -2.37. The lowest BCUT2D eigenvalue weighted by Gasteiger charge is -2.40. The second kappa shape index (κ2) is 5.65. The first-order chi connectivity index (χ1) is 9.30. The van der Waals surface area contributed by atoms with Crippen molar-refractivity contribution in [1.82, 2.24) is 0 Å². The van der Waals surface area contributed by atoms with E-state index in [0.29, 0.717) is 16.5 Å². The molecule has 4 heteroatoms. The quantitative estimate of drug-likeness (QED) is 0.896. The number of benzene rings is 1. The van der Waals surface area contributed by atoms with Gasteiger partial charge in [-0.25, -0.2) is 4.79 Å². The van der Waals surface area contributed by atoms with Gasteiger partial charge in [-0.3, -0.25) is 0 Å². The fraction of sp³-hybridized carbons (Fsp3) is 0.562. The third kappa shape index (κ3) is 3.26. The van der Waals surface area contributed by atoms with Crippen molar-refractivity contribution < 1.29 is 9.90 Å². The zero-order valence-corrected chi connectivity index (χ0v) is 13.1. The topological polar surface area (TPSA) is 40.5 Å². The number of carboxylic acid groups (broad SMARTS) is 1. The minimum absolute atomic E-state index is 0.282. The van der Waals surface area contributed by atoms with Crippen LogP contribution in [0.25, 0.3) is 0 Å². The van der Waals surface area contributed by atoms with Crippen LogP contribution < -0.4 is 4.90 Å². The summed E-state index contributed by atoms with van der Waals surface area (Å²) in [7, 11) is 1.98. The number of hydrogen-bond donors (Lipinski definition) is 1.